The number of hydrogen-bond donors (Lipinski definition) is 0. The van der Waals surface area contributed by atoms with Crippen LogP contribution in [0.5, 0.6) is 0 Å². The van der Waals surface area contributed by atoms with Gasteiger partial charge < -0.3 is 17.6 Å². The second-order valence-electron chi connectivity index (χ2n) is 16.8. The lowest BCUT2D eigenvalue weighted by Gasteiger charge is -1.96. The summed E-state index contributed by atoms with van der Waals surface area (Å²) in [5, 5.41) is 4.20. The molecule has 0 N–H and O–H groups in total. The molecule has 0 aliphatic rings. The molecule has 0 unspecified atom stereocenters. The van der Waals surface area contributed by atoms with Gasteiger partial charge in [0.2, 0.25) is 0 Å². The molecule has 0 aromatic carbocycles. The Hall–Kier alpha value is -6.48. The maximum Gasteiger partial charge on any atom is 0.136 e. The van der Waals surface area contributed by atoms with Gasteiger partial charge in [-0.05, 0) is 124 Å². The quantitative estimate of drug-likeness (QED) is 0.173. The molecule has 0 amide bonds. The fourth-order valence-electron chi connectivity index (χ4n) is 6.55. The Morgan fingerprint density at radius 3 is 1.52 bits per heavy atom. The molecule has 0 saturated carbocycles. The zero-order valence-corrected chi connectivity index (χ0v) is 36.9. The van der Waals surface area contributed by atoms with E-state index in [2.05, 4.69) is 199 Å². The molecule has 0 fully saturated rings. The minimum atomic E-state index is 0. The fraction of sp³-hybridized carbons (Fsp3) is 0.308. The molecule has 0 spiro atoms. The fourth-order valence-corrected chi connectivity index (χ4v) is 6.55. The Morgan fingerprint density at radius 2 is 0.934 bits per heavy atom. The average molecular weight is 816 g/mol. The first-order valence-electron chi connectivity index (χ1n) is 21.1. The molecular weight excluding hydrogens is 751 g/mol. The minimum absolute atomic E-state index is 0. The van der Waals surface area contributed by atoms with Gasteiger partial charge in [0.15, 0.2) is 0 Å². The van der Waals surface area contributed by atoms with E-state index in [1.165, 1.54) is 49.9 Å². The van der Waals surface area contributed by atoms with Crippen molar-refractivity contribution in [3.05, 3.63) is 187 Å². The monoisotopic (exact) mass is 816 g/mol. The van der Waals surface area contributed by atoms with Crippen LogP contribution >= 0.6 is 0 Å². The van der Waals surface area contributed by atoms with E-state index in [0.717, 1.165) is 5.65 Å². The van der Waals surface area contributed by atoms with Crippen LogP contribution in [0.15, 0.2) is 160 Å². The van der Waals surface area contributed by atoms with Crippen molar-refractivity contribution in [2.24, 2.45) is 0 Å². The molecule has 10 heterocycles. The molecule has 10 rings (SSSR count). The Balaban J connectivity index is 0.000000144. The number of nitrogens with zero attached hydrogens (tertiary/aromatic N) is 9. The average Bonchev–Trinajstić information content (AvgIpc) is 4.09. The van der Waals surface area contributed by atoms with Crippen LogP contribution in [0.4, 0.5) is 0 Å². The van der Waals surface area contributed by atoms with E-state index >= 15 is 0 Å². The van der Waals surface area contributed by atoms with Gasteiger partial charge in [-0.3, -0.25) is 4.98 Å². The van der Waals surface area contributed by atoms with Crippen LogP contribution in [-0.2, 0) is 0 Å². The molecule has 61 heavy (non-hydrogen) atoms. The lowest BCUT2D eigenvalue weighted by Crippen LogP contribution is -1.86. The lowest BCUT2D eigenvalue weighted by molar-refractivity contribution is 0.852. The third-order valence-corrected chi connectivity index (χ3v) is 10.5. The SMILES string of the molecule is C.CC(C)c1cc2ccccn2c1.CC(C)c1cc2cccnn2c1.CC(C)c1cc2ccncn2c1.CC(C)c1cc2cnccn2c1.CC(C)c1cc2ncccn2c1. The van der Waals surface area contributed by atoms with Crippen LogP contribution in [0.2, 0.25) is 0 Å². The molecule has 9 heteroatoms. The molecule has 0 bridgehead atoms. The van der Waals surface area contributed by atoms with Crippen molar-refractivity contribution in [2.75, 3.05) is 0 Å². The largest absolute Gasteiger partial charge is 0.324 e. The standard InChI is InChI=1S/C11H13N.4C10H12N2.CH4/c1-9(2)10-7-11-5-3-4-6-12(11)8-10;1-8(2)9-5-10-6-11-3-4-12(10)7-9;1-8(2)9-5-10-3-4-11-7-12(10)6-9;1-8(2)9-6-10-11-4-3-5-12(10)7-9;1-8(2)9-6-10-4-3-5-11-12(10)7-9;/h3-9H,1-2H3;4*3-8H,1-2H3;1H4. The van der Waals surface area contributed by atoms with E-state index in [-0.39, 0.29) is 7.43 Å². The van der Waals surface area contributed by atoms with Gasteiger partial charge in [-0.15, -0.1) is 0 Å². The molecule has 0 aliphatic carbocycles. The molecule has 0 atom stereocenters. The number of aromatic nitrogens is 9. The van der Waals surface area contributed by atoms with Crippen molar-refractivity contribution >= 4 is 27.7 Å². The van der Waals surface area contributed by atoms with Gasteiger partial charge in [0.25, 0.3) is 0 Å². The maximum absolute atomic E-state index is 4.25. The molecule has 10 aromatic heterocycles. The second-order valence-corrected chi connectivity index (χ2v) is 16.8. The van der Waals surface area contributed by atoms with E-state index in [9.17, 15) is 0 Å². The van der Waals surface area contributed by atoms with Crippen LogP contribution in [0.25, 0.3) is 27.7 Å². The van der Waals surface area contributed by atoms with E-state index < -0.39 is 0 Å². The van der Waals surface area contributed by atoms with Crippen molar-refractivity contribution in [2.45, 2.75) is 106 Å². The smallest absolute Gasteiger partial charge is 0.136 e. The molecule has 0 saturated heterocycles. The third kappa shape index (κ3) is 12.1. The first-order valence-corrected chi connectivity index (χ1v) is 21.1. The molecular formula is C52H65N9. The summed E-state index contributed by atoms with van der Waals surface area (Å²) in [7, 11) is 0. The molecule has 318 valence electrons. The van der Waals surface area contributed by atoms with Gasteiger partial charge in [-0.25, -0.2) is 14.5 Å². The van der Waals surface area contributed by atoms with E-state index in [1.54, 1.807) is 12.4 Å². The Morgan fingerprint density at radius 1 is 0.410 bits per heavy atom. The van der Waals surface area contributed by atoms with Gasteiger partial charge in [0.1, 0.15) is 5.65 Å². The second kappa shape index (κ2) is 21.2. The highest BCUT2D eigenvalue weighted by Gasteiger charge is 2.05. The van der Waals surface area contributed by atoms with Gasteiger partial charge in [-0.1, -0.05) is 82.7 Å². The molecule has 0 aliphatic heterocycles. The molecule has 10 aromatic rings. The van der Waals surface area contributed by atoms with E-state index in [4.69, 9.17) is 0 Å². The number of pyridine rings is 1. The summed E-state index contributed by atoms with van der Waals surface area (Å²) in [6.45, 7) is 22.0. The van der Waals surface area contributed by atoms with Crippen LogP contribution in [0.3, 0.4) is 0 Å². The van der Waals surface area contributed by atoms with Crippen LogP contribution in [0.1, 0.15) is 134 Å². The predicted octanol–water partition coefficient (Wildman–Crippen LogP) is 13.5. The highest BCUT2D eigenvalue weighted by atomic mass is 15.2. The summed E-state index contributed by atoms with van der Waals surface area (Å²) in [5.74, 6) is 2.94. The van der Waals surface area contributed by atoms with E-state index in [0.29, 0.717) is 29.6 Å². The van der Waals surface area contributed by atoms with Crippen molar-refractivity contribution < 1.29 is 0 Å². The lowest BCUT2D eigenvalue weighted by atomic mass is 10.1. The van der Waals surface area contributed by atoms with Gasteiger partial charge in [0.05, 0.1) is 23.6 Å². The summed E-state index contributed by atoms with van der Waals surface area (Å²) in [6.07, 6.45) is 27.7. The normalized spacial score (nSPS) is 11.1. The predicted molar refractivity (Wildman–Crippen MR) is 255 cm³/mol. The van der Waals surface area contributed by atoms with Crippen molar-refractivity contribution in [1.82, 2.24) is 42.2 Å². The van der Waals surface area contributed by atoms with E-state index in [1.807, 2.05) is 60.0 Å². The topological polar surface area (TPSA) is 73.6 Å². The summed E-state index contributed by atoms with van der Waals surface area (Å²) in [4.78, 5) is 12.4. The number of fused-ring (bicyclic) bond motifs is 5. The zero-order valence-electron chi connectivity index (χ0n) is 36.9. The zero-order chi connectivity index (χ0) is 42.8. The first kappa shape index (κ1) is 45.6. The van der Waals surface area contributed by atoms with Gasteiger partial charge in [-0.2, -0.15) is 5.10 Å². The van der Waals surface area contributed by atoms with Gasteiger partial charge in [0, 0.05) is 85.4 Å². The van der Waals surface area contributed by atoms with Crippen LogP contribution in [0, 0.1) is 0 Å². The molecule has 0 radical (unpaired) electrons. The Kier molecular flexibility index (Phi) is 15.8. The highest BCUT2D eigenvalue weighted by Crippen LogP contribution is 2.21. The van der Waals surface area contributed by atoms with Crippen molar-refractivity contribution in [3.63, 3.8) is 0 Å². The number of hydrogen-bond acceptors (Lipinski definition) is 4. The minimum Gasteiger partial charge on any atom is -0.324 e. The maximum atomic E-state index is 4.25. The molecule has 9 nitrogen and oxygen atoms in total. The van der Waals surface area contributed by atoms with Gasteiger partial charge >= 0.3 is 0 Å². The Bertz CT molecular complexity index is 2220. The summed E-state index contributed by atoms with van der Waals surface area (Å²) in [6, 6.07) is 25.2. The summed E-state index contributed by atoms with van der Waals surface area (Å²) < 4.78 is 10.3. The number of rotatable bonds is 5. The third-order valence-electron chi connectivity index (χ3n) is 10.5. The first-order chi connectivity index (χ1) is 28.9. The van der Waals surface area contributed by atoms with Crippen molar-refractivity contribution in [1.29, 1.82) is 0 Å². The van der Waals surface area contributed by atoms with Crippen LogP contribution in [-0.4, -0.2) is 42.2 Å². The van der Waals surface area contributed by atoms with Crippen molar-refractivity contribution in [3.8, 4) is 0 Å². The Labute approximate surface area is 362 Å². The highest BCUT2D eigenvalue weighted by molar-refractivity contribution is 5.52. The van der Waals surface area contributed by atoms with Crippen LogP contribution < -0.4 is 0 Å². The summed E-state index contributed by atoms with van der Waals surface area (Å²) >= 11 is 0. The summed E-state index contributed by atoms with van der Waals surface area (Å²) in [5.41, 5.74) is 12.7.